The Hall–Kier alpha value is -1.26. The van der Waals surface area contributed by atoms with Crippen LogP contribution in [0.4, 0.5) is 4.39 Å². The van der Waals surface area contributed by atoms with E-state index in [1.807, 2.05) is 0 Å². The van der Waals surface area contributed by atoms with Crippen molar-refractivity contribution in [3.63, 3.8) is 0 Å². The molecule has 122 valence electrons. The smallest absolute Gasteiger partial charge is 0.362 e. The minimum Gasteiger partial charge on any atom is -0.460 e. The highest BCUT2D eigenvalue weighted by molar-refractivity contribution is 7.87. The molecule has 1 rings (SSSR count). The lowest BCUT2D eigenvalue weighted by molar-refractivity contribution is -0.165. The minimum atomic E-state index is -5.29. The molecule has 1 aliphatic heterocycles. The second-order valence-corrected chi connectivity index (χ2v) is 6.36. The van der Waals surface area contributed by atoms with Gasteiger partial charge in [0, 0.05) is 6.61 Å². The molecule has 0 saturated carbocycles. The van der Waals surface area contributed by atoms with E-state index < -0.39 is 33.7 Å². The topological polar surface area (TPSA) is 116 Å². The van der Waals surface area contributed by atoms with E-state index in [0.717, 1.165) is 19.3 Å². The van der Waals surface area contributed by atoms with Crippen LogP contribution in [0.3, 0.4) is 0 Å². The van der Waals surface area contributed by atoms with E-state index in [1.165, 1.54) is 0 Å². The highest BCUT2D eigenvalue weighted by Gasteiger charge is 2.48. The molecule has 0 aliphatic carbocycles. The Morgan fingerprint density at radius 3 is 2.57 bits per heavy atom. The van der Waals surface area contributed by atoms with E-state index in [0.29, 0.717) is 13.5 Å². The highest BCUT2D eigenvalue weighted by atomic mass is 32.2. The first kappa shape index (κ1) is 17.8. The van der Waals surface area contributed by atoms with E-state index in [-0.39, 0.29) is 12.7 Å². The fourth-order valence-electron chi connectivity index (χ4n) is 1.53. The van der Waals surface area contributed by atoms with Gasteiger partial charge in [-0.05, 0) is 26.2 Å². The van der Waals surface area contributed by atoms with Crippen molar-refractivity contribution in [3.05, 3.63) is 0 Å². The maximum Gasteiger partial charge on any atom is 0.362 e. The zero-order valence-electron chi connectivity index (χ0n) is 11.4. The van der Waals surface area contributed by atoms with Gasteiger partial charge in [-0.1, -0.05) is 0 Å². The first-order valence-electron chi connectivity index (χ1n) is 6.25. The third kappa shape index (κ3) is 5.21. The van der Waals surface area contributed by atoms with Gasteiger partial charge in [0.1, 0.15) is 6.61 Å². The second kappa shape index (κ2) is 7.14. The lowest BCUT2D eigenvalue weighted by Gasteiger charge is -2.22. The number of carbonyl (C=O) groups is 2. The Bertz CT molecular complexity index is 480. The summed E-state index contributed by atoms with van der Waals surface area (Å²) < 4.78 is 57.4. The fourth-order valence-corrected chi connectivity index (χ4v) is 1.79. The molecular weight excluding hydrogens is 311 g/mol. The summed E-state index contributed by atoms with van der Waals surface area (Å²) in [4.78, 5) is 22.4. The van der Waals surface area contributed by atoms with Gasteiger partial charge in [-0.25, -0.2) is 14.0 Å². The summed E-state index contributed by atoms with van der Waals surface area (Å²) in [6, 6.07) is 0. The van der Waals surface area contributed by atoms with Crippen LogP contribution in [0.15, 0.2) is 0 Å². The zero-order valence-corrected chi connectivity index (χ0v) is 12.2. The molecular formula is C11H17FO8S. The van der Waals surface area contributed by atoms with Gasteiger partial charge in [0.25, 0.3) is 0 Å². The van der Waals surface area contributed by atoms with Crippen molar-refractivity contribution < 1.29 is 41.2 Å². The number of alkyl halides is 1. The molecule has 21 heavy (non-hydrogen) atoms. The summed E-state index contributed by atoms with van der Waals surface area (Å²) in [7, 11) is -5.29. The number of ether oxygens (including phenoxy) is 3. The fraction of sp³-hybridized carbons (Fsp3) is 0.818. The molecule has 10 heteroatoms. The van der Waals surface area contributed by atoms with E-state index in [1.54, 1.807) is 0 Å². The number of halogens is 1. The van der Waals surface area contributed by atoms with Crippen molar-refractivity contribution in [1.82, 2.24) is 0 Å². The van der Waals surface area contributed by atoms with Gasteiger partial charge in [0.05, 0.1) is 6.10 Å². The third-order valence-electron chi connectivity index (χ3n) is 2.87. The Kier molecular flexibility index (Phi) is 6.05. The number of carbonyl (C=O) groups excluding carboxylic acids is 2. The molecule has 1 saturated heterocycles. The number of hydrogen-bond donors (Lipinski definition) is 1. The highest BCUT2D eigenvalue weighted by Crippen LogP contribution is 2.19. The van der Waals surface area contributed by atoms with Crippen LogP contribution in [0.5, 0.6) is 0 Å². The first-order chi connectivity index (χ1) is 9.64. The number of esters is 2. The molecule has 0 radical (unpaired) electrons. The minimum absolute atomic E-state index is 0.0262. The average molecular weight is 328 g/mol. The lowest BCUT2D eigenvalue weighted by Crippen LogP contribution is -2.41. The summed E-state index contributed by atoms with van der Waals surface area (Å²) >= 11 is 0. The van der Waals surface area contributed by atoms with Crippen molar-refractivity contribution >= 4 is 22.1 Å². The maximum atomic E-state index is 13.4. The third-order valence-corrected chi connectivity index (χ3v) is 4.01. The van der Waals surface area contributed by atoms with E-state index in [2.05, 4.69) is 4.74 Å². The molecule has 0 aromatic rings. The maximum absolute atomic E-state index is 13.4. The second-order valence-electron chi connectivity index (χ2n) is 4.64. The molecule has 2 atom stereocenters. The molecule has 0 bridgehead atoms. The van der Waals surface area contributed by atoms with Gasteiger partial charge in [0.15, 0.2) is 6.61 Å². The molecule has 1 aliphatic rings. The molecule has 0 aromatic carbocycles. The van der Waals surface area contributed by atoms with Crippen molar-refractivity contribution in [2.24, 2.45) is 0 Å². The van der Waals surface area contributed by atoms with Crippen LogP contribution in [-0.4, -0.2) is 55.8 Å². The normalized spacial score (nSPS) is 22.1. The lowest BCUT2D eigenvalue weighted by atomic mass is 10.1. The van der Waals surface area contributed by atoms with Crippen LogP contribution in [-0.2, 0) is 33.9 Å². The SMILES string of the molecule is CC(F)(C(=O)OCC(=O)OCC1CCCCO1)S(=O)(=O)O. The molecule has 1 fully saturated rings. The summed E-state index contributed by atoms with van der Waals surface area (Å²) in [5.74, 6) is -2.86. The Morgan fingerprint density at radius 1 is 1.38 bits per heavy atom. The summed E-state index contributed by atoms with van der Waals surface area (Å²) in [6.07, 6.45) is 2.39. The van der Waals surface area contributed by atoms with Gasteiger partial charge in [0.2, 0.25) is 0 Å². The van der Waals surface area contributed by atoms with Crippen LogP contribution >= 0.6 is 0 Å². The Morgan fingerprint density at radius 2 is 2.05 bits per heavy atom. The van der Waals surface area contributed by atoms with Crippen LogP contribution < -0.4 is 0 Å². The molecule has 1 N–H and O–H groups in total. The molecule has 0 aromatic heterocycles. The van der Waals surface area contributed by atoms with Gasteiger partial charge < -0.3 is 14.2 Å². The van der Waals surface area contributed by atoms with Crippen LogP contribution in [0.25, 0.3) is 0 Å². The van der Waals surface area contributed by atoms with Crippen molar-refractivity contribution in [3.8, 4) is 0 Å². The van der Waals surface area contributed by atoms with Gasteiger partial charge >= 0.3 is 27.1 Å². The predicted octanol–water partition coefficient (Wildman–Crippen LogP) is 0.215. The van der Waals surface area contributed by atoms with E-state index >= 15 is 0 Å². The predicted molar refractivity (Wildman–Crippen MR) is 66.6 cm³/mol. The van der Waals surface area contributed by atoms with Crippen LogP contribution in [0.1, 0.15) is 26.2 Å². The van der Waals surface area contributed by atoms with Gasteiger partial charge in [-0.15, -0.1) is 0 Å². The summed E-state index contributed by atoms with van der Waals surface area (Å²) in [6.45, 7) is -0.0974. The van der Waals surface area contributed by atoms with Crippen LogP contribution in [0.2, 0.25) is 0 Å². The number of hydrogen-bond acceptors (Lipinski definition) is 7. The average Bonchev–Trinajstić information content (AvgIpc) is 2.42. The molecule has 8 nitrogen and oxygen atoms in total. The van der Waals surface area contributed by atoms with E-state index in [4.69, 9.17) is 14.0 Å². The molecule has 2 unspecified atom stereocenters. The van der Waals surface area contributed by atoms with Crippen molar-refractivity contribution in [1.29, 1.82) is 0 Å². The van der Waals surface area contributed by atoms with E-state index in [9.17, 15) is 22.4 Å². The zero-order chi connectivity index (χ0) is 16.1. The number of rotatable bonds is 6. The van der Waals surface area contributed by atoms with Crippen molar-refractivity contribution in [2.45, 2.75) is 37.3 Å². The summed E-state index contributed by atoms with van der Waals surface area (Å²) in [5, 5.41) is -3.64. The molecule has 0 amide bonds. The molecule has 0 spiro atoms. The first-order valence-corrected chi connectivity index (χ1v) is 7.69. The Balaban J connectivity index is 2.34. The van der Waals surface area contributed by atoms with Gasteiger partial charge in [-0.2, -0.15) is 8.42 Å². The quantitative estimate of drug-likeness (QED) is 0.543. The van der Waals surface area contributed by atoms with Gasteiger partial charge in [-0.3, -0.25) is 4.55 Å². The Labute approximate surface area is 121 Å². The summed E-state index contributed by atoms with van der Waals surface area (Å²) in [5.41, 5.74) is 0. The van der Waals surface area contributed by atoms with Crippen LogP contribution in [0, 0.1) is 0 Å². The largest absolute Gasteiger partial charge is 0.460 e. The standard InChI is InChI=1S/C11H17FO8S/c1-11(12,21(15,16)17)10(14)20-7-9(13)19-6-8-4-2-3-5-18-8/h8H,2-7H2,1H3,(H,15,16,17). The monoisotopic (exact) mass is 328 g/mol. The van der Waals surface area contributed by atoms with Crippen molar-refractivity contribution in [2.75, 3.05) is 19.8 Å². The molecule has 1 heterocycles.